The van der Waals surface area contributed by atoms with E-state index in [2.05, 4.69) is 116 Å². The summed E-state index contributed by atoms with van der Waals surface area (Å²) in [6.45, 7) is 12.2. The van der Waals surface area contributed by atoms with Crippen molar-refractivity contribution in [3.63, 3.8) is 0 Å². The second kappa shape index (κ2) is 62.0. The first-order valence-electron chi connectivity index (χ1n) is 32.5. The van der Waals surface area contributed by atoms with Crippen LogP contribution in [-0.2, 0) is 0 Å². The molecule has 4 N–H and O–H groups in total. The predicted octanol–water partition coefficient (Wildman–Crippen LogP) is 18.7. The maximum atomic E-state index is 11.2. The molecule has 0 spiro atoms. The molecule has 0 amide bonds. The highest BCUT2D eigenvalue weighted by Crippen LogP contribution is 2.15. The smallest absolute Gasteiger partial charge is 0.0667 e. The quantitative estimate of drug-likeness (QED) is 0.0359. The molecule has 0 aliphatic heterocycles. The summed E-state index contributed by atoms with van der Waals surface area (Å²) in [5.41, 5.74) is 0. The van der Waals surface area contributed by atoms with E-state index < -0.39 is 0 Å². The number of aliphatic hydroxyl groups excluding tert-OH is 3. The first-order chi connectivity index (χ1) is 36.4. The van der Waals surface area contributed by atoms with Gasteiger partial charge in [-0.3, -0.25) is 4.90 Å². The molecule has 0 radical (unpaired) electrons. The maximum Gasteiger partial charge on any atom is 0.0667 e. The van der Waals surface area contributed by atoms with Crippen LogP contribution in [0.25, 0.3) is 0 Å². The van der Waals surface area contributed by atoms with E-state index in [-0.39, 0.29) is 18.3 Å². The molecule has 0 aromatic rings. The van der Waals surface area contributed by atoms with E-state index in [4.69, 9.17) is 0 Å². The van der Waals surface area contributed by atoms with Crippen molar-refractivity contribution in [2.45, 2.75) is 309 Å². The van der Waals surface area contributed by atoms with Crippen LogP contribution in [0.3, 0.4) is 0 Å². The fourth-order valence-electron chi connectivity index (χ4n) is 9.74. The molecule has 0 saturated heterocycles. The van der Waals surface area contributed by atoms with Crippen LogP contribution in [0.1, 0.15) is 290 Å². The van der Waals surface area contributed by atoms with Crippen LogP contribution in [0, 0.1) is 0 Å². The normalized spacial score (nSPS) is 13.9. The van der Waals surface area contributed by atoms with Crippen LogP contribution in [0.15, 0.2) is 72.9 Å². The van der Waals surface area contributed by atoms with Gasteiger partial charge in [0.15, 0.2) is 0 Å². The lowest BCUT2D eigenvalue weighted by Crippen LogP contribution is -2.43. The summed E-state index contributed by atoms with van der Waals surface area (Å²) >= 11 is 0. The molecule has 0 aromatic carbocycles. The summed E-state index contributed by atoms with van der Waals surface area (Å²) in [4.78, 5) is 4.67. The first kappa shape index (κ1) is 72.2. The van der Waals surface area contributed by atoms with Gasteiger partial charge in [-0.15, -0.1) is 0 Å². The van der Waals surface area contributed by atoms with E-state index in [1.807, 2.05) is 0 Å². The number of aliphatic hydroxyl groups is 3. The Bertz CT molecular complexity index is 1200. The second-order valence-electron chi connectivity index (χ2n) is 22.4. The molecule has 6 heteroatoms. The summed E-state index contributed by atoms with van der Waals surface area (Å²) in [5, 5.41) is 36.5. The zero-order chi connectivity index (χ0) is 53.7. The number of likely N-dealkylation sites (N-methyl/N-ethyl adjacent to an activating group) is 1. The van der Waals surface area contributed by atoms with Gasteiger partial charge >= 0.3 is 0 Å². The molecule has 3 atom stereocenters. The van der Waals surface area contributed by atoms with Crippen LogP contribution in [0.2, 0.25) is 0 Å². The third-order valence-corrected chi connectivity index (χ3v) is 14.8. The van der Waals surface area contributed by atoms with Crippen molar-refractivity contribution < 1.29 is 15.3 Å². The van der Waals surface area contributed by atoms with E-state index in [9.17, 15) is 15.3 Å². The zero-order valence-corrected chi connectivity index (χ0v) is 50.0. The Morgan fingerprint density at radius 3 is 0.932 bits per heavy atom. The molecular weight excluding hydrogens is 907 g/mol. The van der Waals surface area contributed by atoms with Crippen molar-refractivity contribution >= 4 is 0 Å². The van der Waals surface area contributed by atoms with E-state index in [0.717, 1.165) is 84.0 Å². The molecule has 434 valence electrons. The van der Waals surface area contributed by atoms with Crippen molar-refractivity contribution in [1.29, 1.82) is 0 Å². The van der Waals surface area contributed by atoms with E-state index in [1.54, 1.807) is 0 Å². The number of hydrogen-bond donors (Lipinski definition) is 4. The minimum atomic E-state index is -0.359. The highest BCUT2D eigenvalue weighted by atomic mass is 16.3. The van der Waals surface area contributed by atoms with Crippen LogP contribution >= 0.6 is 0 Å². The van der Waals surface area contributed by atoms with Crippen LogP contribution in [0.4, 0.5) is 0 Å². The van der Waals surface area contributed by atoms with Gasteiger partial charge in [-0.05, 0) is 123 Å². The molecule has 74 heavy (non-hydrogen) atoms. The highest BCUT2D eigenvalue weighted by Gasteiger charge is 2.17. The summed E-state index contributed by atoms with van der Waals surface area (Å²) in [5.74, 6) is 0. The van der Waals surface area contributed by atoms with E-state index >= 15 is 0 Å². The summed E-state index contributed by atoms with van der Waals surface area (Å²) in [6, 6.07) is 0. The van der Waals surface area contributed by atoms with Crippen LogP contribution in [-0.4, -0.2) is 96.3 Å². The van der Waals surface area contributed by atoms with Crippen molar-refractivity contribution in [3.8, 4) is 0 Å². The van der Waals surface area contributed by atoms with Gasteiger partial charge in [-0.25, -0.2) is 0 Å². The summed E-state index contributed by atoms with van der Waals surface area (Å²) in [6.07, 6.45) is 78.5. The van der Waals surface area contributed by atoms with Crippen LogP contribution < -0.4 is 5.32 Å². The largest absolute Gasteiger partial charge is 0.392 e. The molecule has 6 nitrogen and oxygen atoms in total. The van der Waals surface area contributed by atoms with Gasteiger partial charge in [-0.2, -0.15) is 0 Å². The van der Waals surface area contributed by atoms with Crippen molar-refractivity contribution in [2.24, 2.45) is 0 Å². The lowest BCUT2D eigenvalue weighted by Gasteiger charge is -2.29. The van der Waals surface area contributed by atoms with E-state index in [1.165, 1.54) is 212 Å². The average molecular weight is 1040 g/mol. The van der Waals surface area contributed by atoms with Crippen molar-refractivity contribution in [2.75, 3.05) is 52.9 Å². The number of nitrogens with zero attached hydrogens (tertiary/aromatic N) is 2. The number of nitrogens with one attached hydrogen (secondary N) is 1. The fourth-order valence-corrected chi connectivity index (χ4v) is 9.74. The number of allylic oxidation sites excluding steroid dienone is 12. The second-order valence-corrected chi connectivity index (χ2v) is 22.4. The molecule has 0 aromatic heterocycles. The maximum absolute atomic E-state index is 11.2. The molecule has 0 fully saturated rings. The Labute approximate surface area is 463 Å². The highest BCUT2D eigenvalue weighted by molar-refractivity contribution is 4.94. The molecule has 0 rings (SSSR count). The standard InChI is InChI=1S/C68H129N3O3/c1-5-8-11-14-17-20-23-26-29-32-35-38-41-44-47-50-53-56-66(72)63-69-59-60-70(4)61-62-71(64-67(73)57-54-51-48-45-42-39-36-33-30-27-24-21-18-15-12-9-6-2)65-68(74)58-55-52-49-46-43-40-37-34-31-28-25-22-19-16-13-10-7-3/h23-28,32-37,66-69,72-74H,5-22,29-31,38-65H2,1-4H3/b26-23-,27-24-,28-25-,35-32-,36-33-,37-34-. The Balaban J connectivity index is 4.47. The molecule has 0 aliphatic rings. The van der Waals surface area contributed by atoms with Gasteiger partial charge < -0.3 is 25.5 Å². The average Bonchev–Trinajstić information content (AvgIpc) is 3.39. The summed E-state index contributed by atoms with van der Waals surface area (Å²) < 4.78 is 0. The Morgan fingerprint density at radius 2 is 0.608 bits per heavy atom. The van der Waals surface area contributed by atoms with Gasteiger partial charge in [0.25, 0.3) is 0 Å². The Hall–Kier alpha value is -1.80. The van der Waals surface area contributed by atoms with Gasteiger partial charge in [0.1, 0.15) is 0 Å². The predicted molar refractivity (Wildman–Crippen MR) is 331 cm³/mol. The molecule has 0 heterocycles. The minimum absolute atomic E-state index is 0.283. The third kappa shape index (κ3) is 59.4. The minimum Gasteiger partial charge on any atom is -0.392 e. The van der Waals surface area contributed by atoms with Gasteiger partial charge in [0.2, 0.25) is 0 Å². The lowest BCUT2D eigenvalue weighted by atomic mass is 10.1. The molecule has 0 saturated carbocycles. The summed E-state index contributed by atoms with van der Waals surface area (Å²) in [7, 11) is 2.17. The molecular formula is C68H129N3O3. The zero-order valence-electron chi connectivity index (χ0n) is 50.0. The first-order valence-corrected chi connectivity index (χ1v) is 32.5. The van der Waals surface area contributed by atoms with Gasteiger partial charge in [-0.1, -0.05) is 248 Å². The fraction of sp³-hybridized carbons (Fsp3) is 0.824. The van der Waals surface area contributed by atoms with E-state index in [0.29, 0.717) is 19.6 Å². The molecule has 0 bridgehead atoms. The molecule has 0 aliphatic carbocycles. The van der Waals surface area contributed by atoms with Gasteiger partial charge in [0.05, 0.1) is 18.3 Å². The monoisotopic (exact) mass is 1040 g/mol. The van der Waals surface area contributed by atoms with Crippen molar-refractivity contribution in [3.05, 3.63) is 72.9 Å². The topological polar surface area (TPSA) is 79.2 Å². The van der Waals surface area contributed by atoms with Crippen molar-refractivity contribution in [1.82, 2.24) is 15.1 Å². The van der Waals surface area contributed by atoms with Gasteiger partial charge in [0, 0.05) is 45.8 Å². The Kier molecular flexibility index (Phi) is 60.5. The Morgan fingerprint density at radius 1 is 0.324 bits per heavy atom. The third-order valence-electron chi connectivity index (χ3n) is 14.8. The number of rotatable bonds is 60. The number of unbranched alkanes of at least 4 members (excludes halogenated alkanes) is 30. The SMILES string of the molecule is CCCCCCC/C=C\C/C=C\CCCCCCCC(O)CNCCN(C)CCN(CC(O)CCCCCCC/C=C\C/C=C\CCCCCCC)CC(O)CCCCCCC/C=C\C/C=C\CCCCCCC. The van der Waals surface area contributed by atoms with Crippen LogP contribution in [0.5, 0.6) is 0 Å². The molecule has 3 unspecified atom stereocenters. The lowest BCUT2D eigenvalue weighted by molar-refractivity contribution is 0.0563. The number of hydrogen-bond acceptors (Lipinski definition) is 6.